The summed E-state index contributed by atoms with van der Waals surface area (Å²) in [6.07, 6.45) is 1.96. The Labute approximate surface area is 126 Å². The Hall–Kier alpha value is -1.94. The SMILES string of the molecule is Cc1ccc(CC(=O)NN=Cc2ccc(Br)cc2)cc1. The molecule has 4 heteroatoms. The molecule has 2 rings (SSSR count). The van der Waals surface area contributed by atoms with E-state index in [0.29, 0.717) is 6.42 Å². The van der Waals surface area contributed by atoms with E-state index in [1.54, 1.807) is 6.21 Å². The molecular formula is C16H15BrN2O. The molecule has 1 N–H and O–H groups in total. The summed E-state index contributed by atoms with van der Waals surface area (Å²) in [5, 5.41) is 3.95. The zero-order valence-corrected chi connectivity index (χ0v) is 12.7. The van der Waals surface area contributed by atoms with E-state index in [9.17, 15) is 4.79 Å². The summed E-state index contributed by atoms with van der Waals surface area (Å²) in [5.41, 5.74) is 5.62. The lowest BCUT2D eigenvalue weighted by atomic mass is 10.1. The first-order valence-corrected chi connectivity index (χ1v) is 7.06. The van der Waals surface area contributed by atoms with Crippen LogP contribution >= 0.6 is 15.9 Å². The van der Waals surface area contributed by atoms with Crippen molar-refractivity contribution in [2.75, 3.05) is 0 Å². The van der Waals surface area contributed by atoms with Crippen LogP contribution in [-0.4, -0.2) is 12.1 Å². The summed E-state index contributed by atoms with van der Waals surface area (Å²) in [4.78, 5) is 11.7. The number of benzene rings is 2. The fourth-order valence-electron chi connectivity index (χ4n) is 1.66. The molecule has 0 radical (unpaired) electrons. The lowest BCUT2D eigenvalue weighted by Crippen LogP contribution is -2.19. The third-order valence-electron chi connectivity index (χ3n) is 2.76. The van der Waals surface area contributed by atoms with E-state index in [4.69, 9.17) is 0 Å². The van der Waals surface area contributed by atoms with Crippen molar-refractivity contribution in [3.63, 3.8) is 0 Å². The van der Waals surface area contributed by atoms with Crippen molar-refractivity contribution in [1.29, 1.82) is 0 Å². The third kappa shape index (κ3) is 4.63. The summed E-state index contributed by atoms with van der Waals surface area (Å²) < 4.78 is 1.01. The number of carbonyl (C=O) groups is 1. The molecular weight excluding hydrogens is 316 g/mol. The van der Waals surface area contributed by atoms with Crippen LogP contribution in [0.25, 0.3) is 0 Å². The van der Waals surface area contributed by atoms with Crippen LogP contribution in [0.15, 0.2) is 58.1 Å². The Kier molecular flexibility index (Phi) is 5.07. The van der Waals surface area contributed by atoms with Gasteiger partial charge in [-0.1, -0.05) is 57.9 Å². The fraction of sp³-hybridized carbons (Fsp3) is 0.125. The summed E-state index contributed by atoms with van der Waals surface area (Å²) in [7, 11) is 0. The minimum absolute atomic E-state index is 0.123. The van der Waals surface area contributed by atoms with E-state index < -0.39 is 0 Å². The number of halogens is 1. The highest BCUT2D eigenvalue weighted by atomic mass is 79.9. The van der Waals surface area contributed by atoms with Crippen molar-refractivity contribution in [1.82, 2.24) is 5.43 Å². The highest BCUT2D eigenvalue weighted by Crippen LogP contribution is 2.09. The van der Waals surface area contributed by atoms with Crippen LogP contribution in [0.2, 0.25) is 0 Å². The third-order valence-corrected chi connectivity index (χ3v) is 3.29. The van der Waals surface area contributed by atoms with Gasteiger partial charge in [0.25, 0.3) is 0 Å². The van der Waals surface area contributed by atoms with Gasteiger partial charge < -0.3 is 0 Å². The largest absolute Gasteiger partial charge is 0.273 e. The molecule has 102 valence electrons. The van der Waals surface area contributed by atoms with Crippen molar-refractivity contribution >= 4 is 28.1 Å². The molecule has 0 bridgehead atoms. The molecule has 0 aliphatic carbocycles. The number of carbonyl (C=O) groups excluding carboxylic acids is 1. The van der Waals surface area contributed by atoms with E-state index in [0.717, 1.165) is 15.6 Å². The summed E-state index contributed by atoms with van der Waals surface area (Å²) in [5.74, 6) is -0.123. The van der Waals surface area contributed by atoms with Gasteiger partial charge in [-0.2, -0.15) is 5.10 Å². The van der Waals surface area contributed by atoms with E-state index in [2.05, 4.69) is 26.5 Å². The molecule has 0 atom stereocenters. The molecule has 0 fully saturated rings. The maximum Gasteiger partial charge on any atom is 0.244 e. The predicted molar refractivity (Wildman–Crippen MR) is 84.8 cm³/mol. The Balaban J connectivity index is 1.85. The number of amides is 1. The topological polar surface area (TPSA) is 41.5 Å². The Morgan fingerprint density at radius 2 is 1.80 bits per heavy atom. The number of hydrogen-bond donors (Lipinski definition) is 1. The van der Waals surface area contributed by atoms with Gasteiger partial charge in [0.1, 0.15) is 0 Å². The van der Waals surface area contributed by atoms with Crippen molar-refractivity contribution in [2.24, 2.45) is 5.10 Å². The van der Waals surface area contributed by atoms with Crippen LogP contribution in [0.5, 0.6) is 0 Å². The van der Waals surface area contributed by atoms with Crippen molar-refractivity contribution in [3.8, 4) is 0 Å². The lowest BCUT2D eigenvalue weighted by Gasteiger charge is -2.01. The molecule has 2 aromatic rings. The first-order valence-electron chi connectivity index (χ1n) is 6.26. The zero-order valence-electron chi connectivity index (χ0n) is 11.1. The molecule has 0 unspecified atom stereocenters. The van der Waals surface area contributed by atoms with Crippen molar-refractivity contribution in [2.45, 2.75) is 13.3 Å². The summed E-state index contributed by atoms with van der Waals surface area (Å²) >= 11 is 3.36. The Morgan fingerprint density at radius 3 is 2.45 bits per heavy atom. The van der Waals surface area contributed by atoms with Gasteiger partial charge in [0.15, 0.2) is 0 Å². The number of aryl methyl sites for hydroxylation is 1. The molecule has 0 saturated heterocycles. The molecule has 0 aliphatic heterocycles. The molecule has 20 heavy (non-hydrogen) atoms. The molecule has 1 amide bonds. The van der Waals surface area contributed by atoms with Crippen molar-refractivity contribution in [3.05, 3.63) is 69.7 Å². The molecule has 0 spiro atoms. The number of nitrogens with one attached hydrogen (secondary N) is 1. The van der Waals surface area contributed by atoms with Crippen LogP contribution in [0, 0.1) is 6.92 Å². The minimum atomic E-state index is -0.123. The van der Waals surface area contributed by atoms with Crippen molar-refractivity contribution < 1.29 is 4.79 Å². The molecule has 3 nitrogen and oxygen atoms in total. The van der Waals surface area contributed by atoms with Gasteiger partial charge in [-0.15, -0.1) is 0 Å². The van der Waals surface area contributed by atoms with E-state index in [-0.39, 0.29) is 5.91 Å². The predicted octanol–water partition coefficient (Wildman–Crippen LogP) is 3.45. The van der Waals surface area contributed by atoms with Crippen LogP contribution in [0.3, 0.4) is 0 Å². The second-order valence-corrected chi connectivity index (χ2v) is 5.42. The first kappa shape index (κ1) is 14.5. The van der Waals surface area contributed by atoms with Gasteiger partial charge in [-0.25, -0.2) is 5.43 Å². The summed E-state index contributed by atoms with van der Waals surface area (Å²) in [6, 6.07) is 15.6. The molecule has 0 saturated carbocycles. The van der Waals surface area contributed by atoms with E-state index in [1.165, 1.54) is 5.56 Å². The monoisotopic (exact) mass is 330 g/mol. The number of hydrogen-bond acceptors (Lipinski definition) is 2. The first-order chi connectivity index (χ1) is 9.63. The van der Waals surface area contributed by atoms with Gasteiger partial charge in [-0.05, 0) is 30.2 Å². The lowest BCUT2D eigenvalue weighted by molar-refractivity contribution is -0.120. The Morgan fingerprint density at radius 1 is 1.15 bits per heavy atom. The van der Waals surface area contributed by atoms with E-state index in [1.807, 2.05) is 55.5 Å². The number of rotatable bonds is 4. The van der Waals surface area contributed by atoms with Gasteiger partial charge >= 0.3 is 0 Å². The van der Waals surface area contributed by atoms with Crippen LogP contribution in [0.1, 0.15) is 16.7 Å². The number of hydrazone groups is 1. The Bertz CT molecular complexity index is 603. The van der Waals surface area contributed by atoms with Gasteiger partial charge in [0, 0.05) is 4.47 Å². The minimum Gasteiger partial charge on any atom is -0.273 e. The van der Waals surface area contributed by atoms with E-state index >= 15 is 0 Å². The maximum atomic E-state index is 11.7. The molecule has 0 heterocycles. The average Bonchev–Trinajstić information content (AvgIpc) is 2.44. The normalized spacial score (nSPS) is 10.7. The molecule has 2 aromatic carbocycles. The average molecular weight is 331 g/mol. The van der Waals surface area contributed by atoms with Gasteiger partial charge in [0.05, 0.1) is 12.6 Å². The van der Waals surface area contributed by atoms with Crippen LogP contribution in [-0.2, 0) is 11.2 Å². The fourth-order valence-corrected chi connectivity index (χ4v) is 1.92. The second-order valence-electron chi connectivity index (χ2n) is 4.51. The van der Waals surface area contributed by atoms with Gasteiger partial charge in [0.2, 0.25) is 5.91 Å². The zero-order chi connectivity index (χ0) is 14.4. The van der Waals surface area contributed by atoms with Gasteiger partial charge in [-0.3, -0.25) is 4.79 Å². The smallest absolute Gasteiger partial charge is 0.244 e. The molecule has 0 aliphatic rings. The summed E-state index contributed by atoms with van der Waals surface area (Å²) in [6.45, 7) is 2.02. The highest BCUT2D eigenvalue weighted by Gasteiger charge is 2.01. The standard InChI is InChI=1S/C16H15BrN2O/c1-12-2-4-13(5-3-12)10-16(20)19-18-11-14-6-8-15(17)9-7-14/h2-9,11H,10H2,1H3,(H,19,20). The van der Waals surface area contributed by atoms with Crippen LogP contribution in [0.4, 0.5) is 0 Å². The van der Waals surface area contributed by atoms with Crippen LogP contribution < -0.4 is 5.43 Å². The number of nitrogens with zero attached hydrogens (tertiary/aromatic N) is 1. The highest BCUT2D eigenvalue weighted by molar-refractivity contribution is 9.10. The maximum absolute atomic E-state index is 11.7. The molecule has 0 aromatic heterocycles. The quantitative estimate of drug-likeness (QED) is 0.677. The second kappa shape index (κ2) is 7.01.